The first kappa shape index (κ1) is 27.8. The summed E-state index contributed by atoms with van der Waals surface area (Å²) in [6.45, 7) is 13.2. The van der Waals surface area contributed by atoms with E-state index in [0.717, 1.165) is 18.4 Å². The highest BCUT2D eigenvalue weighted by molar-refractivity contribution is 6.07. The smallest absolute Gasteiger partial charge is 0.337 e. The molecule has 0 aliphatic carbocycles. The Kier molecular flexibility index (Phi) is 8.32. The van der Waals surface area contributed by atoms with E-state index in [9.17, 15) is 9.59 Å². The number of nitrogens with one attached hydrogen (secondary N) is 1. The third-order valence-corrected chi connectivity index (χ3v) is 7.27. The van der Waals surface area contributed by atoms with E-state index in [2.05, 4.69) is 59.0 Å². The van der Waals surface area contributed by atoms with Crippen molar-refractivity contribution >= 4 is 23.3 Å². The first-order valence-electron chi connectivity index (χ1n) is 12.6. The minimum absolute atomic E-state index is 0.0298. The normalized spacial score (nSPS) is 11.6. The summed E-state index contributed by atoms with van der Waals surface area (Å²) in [6.07, 6.45) is 1.93. The molecule has 3 aromatic carbocycles. The van der Waals surface area contributed by atoms with Crippen LogP contribution in [0.5, 0.6) is 11.5 Å². The Morgan fingerprint density at radius 3 is 2.19 bits per heavy atom. The van der Waals surface area contributed by atoms with Crippen LogP contribution in [0.3, 0.4) is 0 Å². The molecule has 0 aliphatic rings. The van der Waals surface area contributed by atoms with Crippen LogP contribution in [0.1, 0.15) is 86.2 Å². The first-order valence-corrected chi connectivity index (χ1v) is 12.6. The number of methoxy groups -OCH3 is 1. The highest BCUT2D eigenvalue weighted by atomic mass is 16.5. The second-order valence-corrected chi connectivity index (χ2v) is 10.6. The van der Waals surface area contributed by atoms with Gasteiger partial charge in [0.05, 0.1) is 18.2 Å². The van der Waals surface area contributed by atoms with E-state index in [1.807, 2.05) is 6.07 Å². The zero-order valence-electron chi connectivity index (χ0n) is 22.9. The van der Waals surface area contributed by atoms with Gasteiger partial charge < -0.3 is 20.5 Å². The average molecular weight is 503 g/mol. The number of nitrogen functional groups attached to an aromatic ring is 1. The molecule has 0 fully saturated rings. The van der Waals surface area contributed by atoms with Crippen LogP contribution in [0, 0.1) is 0 Å². The maximum absolute atomic E-state index is 13.3. The molecule has 196 valence electrons. The molecule has 0 atom stereocenters. The Balaban J connectivity index is 2.01. The molecular formula is C31H38N2O4. The van der Waals surface area contributed by atoms with Gasteiger partial charge in [-0.3, -0.25) is 4.79 Å². The predicted molar refractivity (Wildman–Crippen MR) is 150 cm³/mol. The van der Waals surface area contributed by atoms with Crippen molar-refractivity contribution in [3.8, 4) is 11.5 Å². The van der Waals surface area contributed by atoms with Crippen molar-refractivity contribution in [2.75, 3.05) is 18.2 Å². The van der Waals surface area contributed by atoms with E-state index >= 15 is 0 Å². The van der Waals surface area contributed by atoms with Crippen LogP contribution in [0.15, 0.2) is 60.7 Å². The fourth-order valence-electron chi connectivity index (χ4n) is 3.94. The Morgan fingerprint density at radius 1 is 0.865 bits per heavy atom. The Labute approximate surface area is 220 Å². The van der Waals surface area contributed by atoms with Crippen molar-refractivity contribution in [3.05, 3.63) is 82.9 Å². The number of ether oxygens (including phenoxy) is 2. The third kappa shape index (κ3) is 6.31. The molecule has 3 rings (SSSR count). The monoisotopic (exact) mass is 502 g/mol. The van der Waals surface area contributed by atoms with Crippen LogP contribution in [0.25, 0.3) is 0 Å². The summed E-state index contributed by atoms with van der Waals surface area (Å²) in [5.74, 6) is 0.217. The van der Waals surface area contributed by atoms with E-state index in [-0.39, 0.29) is 10.8 Å². The van der Waals surface area contributed by atoms with Crippen molar-refractivity contribution < 1.29 is 19.1 Å². The van der Waals surface area contributed by atoms with Gasteiger partial charge in [0.2, 0.25) is 0 Å². The number of esters is 1. The van der Waals surface area contributed by atoms with Crippen LogP contribution in [0.4, 0.5) is 11.4 Å². The standard InChI is InChI=1S/C31H38N2O4/c1-8-30(3,4)21-13-15-27(25(18-21)31(5,6)9-2)37-26-16-14-22(32)19-24(26)28(34)33-23-12-10-11-20(17-23)29(35)36-7/h10-19H,8-9,32H2,1-7H3,(H,33,34). The van der Waals surface area contributed by atoms with Crippen molar-refractivity contribution in [2.45, 2.75) is 65.2 Å². The van der Waals surface area contributed by atoms with E-state index < -0.39 is 11.9 Å². The molecule has 37 heavy (non-hydrogen) atoms. The number of hydrogen-bond donors (Lipinski definition) is 2. The molecule has 0 spiro atoms. The van der Waals surface area contributed by atoms with Crippen LogP contribution < -0.4 is 15.8 Å². The Morgan fingerprint density at radius 2 is 1.54 bits per heavy atom. The Bertz CT molecular complexity index is 1290. The molecule has 0 aliphatic heterocycles. The molecule has 1 amide bonds. The fourth-order valence-corrected chi connectivity index (χ4v) is 3.94. The predicted octanol–water partition coefficient (Wildman–Crippen LogP) is 7.48. The summed E-state index contributed by atoms with van der Waals surface area (Å²) in [4.78, 5) is 25.2. The van der Waals surface area contributed by atoms with Gasteiger partial charge >= 0.3 is 5.97 Å². The van der Waals surface area contributed by atoms with E-state index in [0.29, 0.717) is 34.0 Å². The molecule has 0 bridgehead atoms. The van der Waals surface area contributed by atoms with E-state index in [4.69, 9.17) is 15.2 Å². The number of hydrogen-bond acceptors (Lipinski definition) is 5. The highest BCUT2D eigenvalue weighted by Gasteiger charge is 2.27. The summed E-state index contributed by atoms with van der Waals surface area (Å²) in [5, 5.41) is 2.84. The van der Waals surface area contributed by atoms with Gasteiger partial charge in [0.1, 0.15) is 11.5 Å². The van der Waals surface area contributed by atoms with Crippen LogP contribution in [-0.2, 0) is 15.6 Å². The minimum Gasteiger partial charge on any atom is -0.465 e. The zero-order valence-corrected chi connectivity index (χ0v) is 22.9. The van der Waals surface area contributed by atoms with Crippen molar-refractivity contribution in [3.63, 3.8) is 0 Å². The van der Waals surface area contributed by atoms with Crippen molar-refractivity contribution in [2.24, 2.45) is 0 Å². The summed E-state index contributed by atoms with van der Waals surface area (Å²) in [5.41, 5.74) is 9.80. The molecule has 3 aromatic rings. The third-order valence-electron chi connectivity index (χ3n) is 7.27. The van der Waals surface area contributed by atoms with Crippen molar-refractivity contribution in [1.82, 2.24) is 0 Å². The first-order chi connectivity index (χ1) is 17.4. The number of benzene rings is 3. The topological polar surface area (TPSA) is 90.6 Å². The molecule has 0 unspecified atom stereocenters. The lowest BCUT2D eigenvalue weighted by Crippen LogP contribution is -2.21. The summed E-state index contributed by atoms with van der Waals surface area (Å²) in [6, 6.07) is 17.9. The fraction of sp³-hybridized carbons (Fsp3) is 0.355. The van der Waals surface area contributed by atoms with Crippen molar-refractivity contribution in [1.29, 1.82) is 0 Å². The largest absolute Gasteiger partial charge is 0.465 e. The zero-order chi connectivity index (χ0) is 27.4. The molecule has 6 nitrogen and oxygen atoms in total. The number of carbonyl (C=O) groups excluding carboxylic acids is 2. The highest BCUT2D eigenvalue weighted by Crippen LogP contribution is 2.41. The summed E-state index contributed by atoms with van der Waals surface area (Å²) >= 11 is 0. The molecule has 0 heterocycles. The molecule has 0 saturated carbocycles. The van der Waals surface area contributed by atoms with Gasteiger partial charge in [-0.2, -0.15) is 0 Å². The molecular weight excluding hydrogens is 464 g/mol. The lowest BCUT2D eigenvalue weighted by Gasteiger charge is -2.30. The molecule has 0 aromatic heterocycles. The number of carbonyl (C=O) groups is 2. The van der Waals surface area contributed by atoms with Gasteiger partial charge in [0.15, 0.2) is 0 Å². The lowest BCUT2D eigenvalue weighted by molar-refractivity contribution is 0.0600. The second kappa shape index (κ2) is 11.1. The molecule has 0 radical (unpaired) electrons. The van der Waals surface area contributed by atoms with Gasteiger partial charge in [-0.1, -0.05) is 59.7 Å². The Hall–Kier alpha value is -3.80. The second-order valence-electron chi connectivity index (χ2n) is 10.6. The van der Waals surface area contributed by atoms with Crippen LogP contribution in [-0.4, -0.2) is 19.0 Å². The van der Waals surface area contributed by atoms with Gasteiger partial charge in [-0.25, -0.2) is 4.79 Å². The van der Waals surface area contributed by atoms with Crippen LogP contribution >= 0.6 is 0 Å². The van der Waals surface area contributed by atoms with E-state index in [1.165, 1.54) is 12.7 Å². The summed E-state index contributed by atoms with van der Waals surface area (Å²) in [7, 11) is 1.31. The molecule has 6 heteroatoms. The van der Waals surface area contributed by atoms with Gasteiger partial charge in [-0.05, 0) is 71.7 Å². The van der Waals surface area contributed by atoms with Crippen LogP contribution in [0.2, 0.25) is 0 Å². The van der Waals surface area contributed by atoms with Gasteiger partial charge in [-0.15, -0.1) is 0 Å². The number of nitrogens with two attached hydrogens (primary N) is 1. The average Bonchev–Trinajstić information content (AvgIpc) is 2.89. The van der Waals surface area contributed by atoms with E-state index in [1.54, 1.807) is 42.5 Å². The maximum atomic E-state index is 13.3. The molecule has 3 N–H and O–H groups in total. The van der Waals surface area contributed by atoms with Gasteiger partial charge in [0.25, 0.3) is 5.91 Å². The van der Waals surface area contributed by atoms with Gasteiger partial charge in [0, 0.05) is 16.9 Å². The quantitative estimate of drug-likeness (QED) is 0.234. The summed E-state index contributed by atoms with van der Waals surface area (Å²) < 4.78 is 11.2. The number of rotatable bonds is 9. The number of anilines is 2. The SMILES string of the molecule is CCC(C)(C)c1ccc(Oc2ccc(N)cc2C(=O)Nc2cccc(C(=O)OC)c2)c(C(C)(C)CC)c1. The maximum Gasteiger partial charge on any atom is 0.337 e. The lowest BCUT2D eigenvalue weighted by atomic mass is 9.76. The minimum atomic E-state index is -0.482. The number of amides is 1. The molecule has 0 saturated heterocycles.